The van der Waals surface area contributed by atoms with E-state index < -0.39 is 5.91 Å². The van der Waals surface area contributed by atoms with E-state index >= 15 is 0 Å². The van der Waals surface area contributed by atoms with E-state index in [2.05, 4.69) is 10.6 Å². The molecule has 2 amide bonds. The Morgan fingerprint density at radius 2 is 1.79 bits per heavy atom. The second-order valence-electron chi connectivity index (χ2n) is 5.01. The van der Waals surface area contributed by atoms with Gasteiger partial charge in [0.05, 0.1) is 12.3 Å². The lowest BCUT2D eigenvalue weighted by Crippen LogP contribution is -2.29. The van der Waals surface area contributed by atoms with E-state index in [0.717, 1.165) is 16.1 Å². The van der Waals surface area contributed by atoms with Crippen molar-refractivity contribution < 1.29 is 14.0 Å². The van der Waals surface area contributed by atoms with Gasteiger partial charge in [-0.05, 0) is 29.8 Å². The van der Waals surface area contributed by atoms with Crippen molar-refractivity contribution in [1.82, 2.24) is 5.32 Å². The molecule has 0 radical (unpaired) electrons. The highest BCUT2D eigenvalue weighted by atomic mass is 32.2. The zero-order valence-electron chi connectivity index (χ0n) is 12.9. The summed E-state index contributed by atoms with van der Waals surface area (Å²) < 4.78 is 12.8. The molecule has 0 aliphatic carbocycles. The number of amides is 2. The number of rotatable bonds is 8. The molecular formula is C17H18FN3O2S. The first-order valence-corrected chi connectivity index (χ1v) is 8.28. The van der Waals surface area contributed by atoms with Crippen LogP contribution in [0.4, 0.5) is 10.1 Å². The Hall–Kier alpha value is -2.54. The number of anilines is 1. The van der Waals surface area contributed by atoms with Gasteiger partial charge in [0.1, 0.15) is 5.82 Å². The summed E-state index contributed by atoms with van der Waals surface area (Å²) >= 11 is 1.31. The maximum absolute atomic E-state index is 12.8. The van der Waals surface area contributed by atoms with E-state index in [4.69, 9.17) is 5.73 Å². The van der Waals surface area contributed by atoms with Crippen LogP contribution in [0.1, 0.15) is 5.56 Å². The lowest BCUT2D eigenvalue weighted by Gasteiger charge is -2.11. The quantitative estimate of drug-likeness (QED) is 0.639. The lowest BCUT2D eigenvalue weighted by molar-refractivity contribution is -0.119. The largest absolute Gasteiger partial charge is 0.375 e. The molecule has 0 aromatic heterocycles. The van der Waals surface area contributed by atoms with Gasteiger partial charge in [0.15, 0.2) is 0 Å². The molecule has 126 valence electrons. The predicted molar refractivity (Wildman–Crippen MR) is 93.1 cm³/mol. The number of nitrogens with two attached hydrogens (primary N) is 1. The molecule has 0 saturated carbocycles. The van der Waals surface area contributed by atoms with Crippen molar-refractivity contribution in [2.45, 2.75) is 11.4 Å². The average Bonchev–Trinajstić information content (AvgIpc) is 2.58. The number of hydrogen-bond acceptors (Lipinski definition) is 4. The number of para-hydroxylation sites is 1. The molecule has 5 nitrogen and oxygen atoms in total. The van der Waals surface area contributed by atoms with Crippen molar-refractivity contribution in [3.8, 4) is 0 Å². The first-order chi connectivity index (χ1) is 11.5. The molecular weight excluding hydrogens is 329 g/mol. The van der Waals surface area contributed by atoms with Crippen LogP contribution in [0.5, 0.6) is 0 Å². The number of benzene rings is 2. The van der Waals surface area contributed by atoms with Crippen molar-refractivity contribution in [1.29, 1.82) is 0 Å². The minimum Gasteiger partial charge on any atom is -0.375 e. The molecule has 0 saturated heterocycles. The van der Waals surface area contributed by atoms with Crippen LogP contribution in [0.2, 0.25) is 0 Å². The number of nitrogens with one attached hydrogen (secondary N) is 2. The molecule has 24 heavy (non-hydrogen) atoms. The van der Waals surface area contributed by atoms with Crippen LogP contribution in [0, 0.1) is 5.82 Å². The number of thioether (sulfide) groups is 1. The molecule has 0 aliphatic rings. The Balaban J connectivity index is 1.83. The Labute approximate surface area is 143 Å². The van der Waals surface area contributed by atoms with Crippen LogP contribution >= 0.6 is 11.8 Å². The van der Waals surface area contributed by atoms with Gasteiger partial charge < -0.3 is 16.4 Å². The third-order valence-electron chi connectivity index (χ3n) is 3.10. The highest BCUT2D eigenvalue weighted by Crippen LogP contribution is 2.26. The topological polar surface area (TPSA) is 84.2 Å². The summed E-state index contributed by atoms with van der Waals surface area (Å²) in [7, 11) is 0. The van der Waals surface area contributed by atoms with Gasteiger partial charge in [-0.1, -0.05) is 24.3 Å². The number of halogens is 1. The Kier molecular flexibility index (Phi) is 6.62. The van der Waals surface area contributed by atoms with E-state index in [1.807, 2.05) is 24.3 Å². The fourth-order valence-electron chi connectivity index (χ4n) is 1.93. The minimum atomic E-state index is -0.396. The fourth-order valence-corrected chi connectivity index (χ4v) is 2.70. The summed E-state index contributed by atoms with van der Waals surface area (Å²) in [5.41, 5.74) is 6.73. The smallest absolute Gasteiger partial charge is 0.239 e. The zero-order chi connectivity index (χ0) is 17.4. The van der Waals surface area contributed by atoms with Crippen LogP contribution < -0.4 is 16.4 Å². The number of primary amides is 1. The number of carbonyl (C=O) groups excluding carboxylic acids is 2. The van der Waals surface area contributed by atoms with Gasteiger partial charge in [0, 0.05) is 17.1 Å². The Morgan fingerprint density at radius 1 is 1.08 bits per heavy atom. The highest BCUT2D eigenvalue weighted by molar-refractivity contribution is 8.00. The third-order valence-corrected chi connectivity index (χ3v) is 4.20. The summed E-state index contributed by atoms with van der Waals surface area (Å²) in [4.78, 5) is 23.6. The van der Waals surface area contributed by atoms with Gasteiger partial charge in [-0.25, -0.2) is 4.39 Å². The molecule has 4 N–H and O–H groups in total. The van der Waals surface area contributed by atoms with Crippen LogP contribution in [-0.4, -0.2) is 24.1 Å². The van der Waals surface area contributed by atoms with E-state index in [1.54, 1.807) is 12.1 Å². The van der Waals surface area contributed by atoms with Crippen molar-refractivity contribution in [3.05, 3.63) is 59.9 Å². The van der Waals surface area contributed by atoms with E-state index in [0.29, 0.717) is 6.54 Å². The summed E-state index contributed by atoms with van der Waals surface area (Å²) in [6, 6.07) is 13.3. The summed E-state index contributed by atoms with van der Waals surface area (Å²) in [5.74, 6) is -0.715. The fraction of sp³-hybridized carbons (Fsp3) is 0.176. The van der Waals surface area contributed by atoms with Crippen LogP contribution in [0.3, 0.4) is 0 Å². The van der Waals surface area contributed by atoms with Crippen molar-refractivity contribution in [2.75, 3.05) is 17.6 Å². The molecule has 0 heterocycles. The Bertz CT molecular complexity index is 707. The van der Waals surface area contributed by atoms with Crippen molar-refractivity contribution in [2.24, 2.45) is 5.73 Å². The maximum atomic E-state index is 12.8. The van der Waals surface area contributed by atoms with E-state index in [-0.39, 0.29) is 24.0 Å². The van der Waals surface area contributed by atoms with Gasteiger partial charge in [-0.15, -0.1) is 11.8 Å². The molecule has 0 fully saturated rings. The monoisotopic (exact) mass is 347 g/mol. The maximum Gasteiger partial charge on any atom is 0.239 e. The van der Waals surface area contributed by atoms with Gasteiger partial charge in [0.25, 0.3) is 0 Å². The third kappa shape index (κ3) is 5.92. The molecule has 0 bridgehead atoms. The summed E-state index contributed by atoms with van der Waals surface area (Å²) in [6.45, 7) is 0.425. The number of hydrogen-bond donors (Lipinski definition) is 3. The van der Waals surface area contributed by atoms with Crippen molar-refractivity contribution in [3.63, 3.8) is 0 Å². The van der Waals surface area contributed by atoms with Gasteiger partial charge in [-0.3, -0.25) is 9.59 Å². The average molecular weight is 347 g/mol. The normalized spacial score (nSPS) is 10.2. The Morgan fingerprint density at radius 3 is 2.50 bits per heavy atom. The van der Waals surface area contributed by atoms with Gasteiger partial charge in [-0.2, -0.15) is 0 Å². The van der Waals surface area contributed by atoms with E-state index in [9.17, 15) is 14.0 Å². The van der Waals surface area contributed by atoms with Crippen LogP contribution in [0.15, 0.2) is 53.4 Å². The standard InChI is InChI=1S/C17H18FN3O2S/c18-13-7-5-12(6-8-13)9-21-17(23)10-20-14-3-1-2-4-15(14)24-11-16(19)22/h1-8,20H,9-11H2,(H2,19,22)(H,21,23). The molecule has 2 aromatic carbocycles. The van der Waals surface area contributed by atoms with E-state index in [1.165, 1.54) is 23.9 Å². The molecule has 0 aliphatic heterocycles. The SMILES string of the molecule is NC(=O)CSc1ccccc1NCC(=O)NCc1ccc(F)cc1. The van der Waals surface area contributed by atoms with Crippen LogP contribution in [-0.2, 0) is 16.1 Å². The predicted octanol–water partition coefficient (Wildman–Crippen LogP) is 2.13. The molecule has 2 aromatic rings. The molecule has 0 atom stereocenters. The molecule has 0 unspecified atom stereocenters. The van der Waals surface area contributed by atoms with Gasteiger partial charge in [0.2, 0.25) is 11.8 Å². The van der Waals surface area contributed by atoms with Gasteiger partial charge >= 0.3 is 0 Å². The van der Waals surface area contributed by atoms with Crippen LogP contribution in [0.25, 0.3) is 0 Å². The summed E-state index contributed by atoms with van der Waals surface area (Å²) in [6.07, 6.45) is 0. The molecule has 2 rings (SSSR count). The number of carbonyl (C=O) groups is 2. The minimum absolute atomic E-state index is 0.0926. The second-order valence-corrected chi connectivity index (χ2v) is 6.03. The zero-order valence-corrected chi connectivity index (χ0v) is 13.7. The second kappa shape index (κ2) is 8.93. The first-order valence-electron chi connectivity index (χ1n) is 7.30. The van der Waals surface area contributed by atoms with Crippen molar-refractivity contribution >= 4 is 29.3 Å². The lowest BCUT2D eigenvalue weighted by atomic mass is 10.2. The molecule has 7 heteroatoms. The first kappa shape index (κ1) is 17.8. The molecule has 0 spiro atoms. The highest BCUT2D eigenvalue weighted by Gasteiger charge is 2.06. The summed E-state index contributed by atoms with van der Waals surface area (Å²) in [5, 5.41) is 5.79.